The van der Waals surface area contributed by atoms with E-state index in [1.807, 2.05) is 0 Å². The first-order valence-electron chi connectivity index (χ1n) is 7.97. The first-order chi connectivity index (χ1) is 11.4. The summed E-state index contributed by atoms with van der Waals surface area (Å²) in [6.45, 7) is 5.18. The maximum atomic E-state index is 12.6. The van der Waals surface area contributed by atoms with E-state index >= 15 is 0 Å². The molecule has 8 heteroatoms. The van der Waals surface area contributed by atoms with Crippen LogP contribution in [0.3, 0.4) is 0 Å². The van der Waals surface area contributed by atoms with Crippen molar-refractivity contribution in [3.63, 3.8) is 0 Å². The van der Waals surface area contributed by atoms with Gasteiger partial charge in [-0.2, -0.15) is 4.31 Å². The fraction of sp³-hybridized carbons (Fsp3) is 0.562. The number of ether oxygens (including phenoxy) is 1. The molecule has 2 rings (SSSR count). The van der Waals surface area contributed by atoms with Gasteiger partial charge in [0.25, 0.3) is 0 Å². The van der Waals surface area contributed by atoms with Crippen molar-refractivity contribution in [2.24, 2.45) is 0 Å². The quantitative estimate of drug-likeness (QED) is 0.529. The van der Waals surface area contributed by atoms with Gasteiger partial charge in [-0.05, 0) is 19.1 Å². The van der Waals surface area contributed by atoms with Gasteiger partial charge in [0.2, 0.25) is 10.0 Å². The number of carbonyl (C=O) groups is 1. The average Bonchev–Trinajstić information content (AvgIpc) is 2.59. The van der Waals surface area contributed by atoms with Gasteiger partial charge in [0.05, 0.1) is 24.7 Å². The molecule has 0 unspecified atom stereocenters. The Labute approximate surface area is 142 Å². The zero-order chi connectivity index (χ0) is 17.6. The van der Waals surface area contributed by atoms with E-state index < -0.39 is 10.0 Å². The van der Waals surface area contributed by atoms with Crippen molar-refractivity contribution >= 4 is 15.8 Å². The second-order valence-electron chi connectivity index (χ2n) is 5.66. The molecular weight excluding hydrogens is 332 g/mol. The third kappa shape index (κ3) is 4.84. The minimum absolute atomic E-state index is 0.00837. The highest BCUT2D eigenvalue weighted by molar-refractivity contribution is 7.89. The number of Topliss-reactive ketones (excluding diaryl/α,β-unsaturated/α-hetero) is 1. The van der Waals surface area contributed by atoms with Gasteiger partial charge in [-0.25, -0.2) is 8.42 Å². The Bertz CT molecular complexity index is 637. The molecule has 0 atom stereocenters. The number of benzene rings is 1. The van der Waals surface area contributed by atoms with Gasteiger partial charge >= 0.3 is 0 Å². The van der Waals surface area contributed by atoms with E-state index in [0.29, 0.717) is 45.0 Å². The highest BCUT2D eigenvalue weighted by atomic mass is 32.2. The van der Waals surface area contributed by atoms with Crippen LogP contribution in [0.2, 0.25) is 0 Å². The van der Waals surface area contributed by atoms with Crippen molar-refractivity contribution in [3.05, 3.63) is 29.8 Å². The third-order valence-corrected chi connectivity index (χ3v) is 5.93. The molecule has 24 heavy (non-hydrogen) atoms. The lowest BCUT2D eigenvalue weighted by molar-refractivity contribution is 0.0661. The lowest BCUT2D eigenvalue weighted by Crippen LogP contribution is -2.49. The molecule has 1 saturated heterocycles. The predicted octanol–water partition coefficient (Wildman–Crippen LogP) is 0.204. The molecule has 0 aliphatic carbocycles. The molecule has 0 bridgehead atoms. The van der Waals surface area contributed by atoms with Crippen LogP contribution in [0.15, 0.2) is 29.2 Å². The highest BCUT2D eigenvalue weighted by Gasteiger charge is 2.28. The molecule has 0 saturated carbocycles. The second kappa shape index (κ2) is 8.68. The minimum Gasteiger partial charge on any atom is -0.394 e. The van der Waals surface area contributed by atoms with Gasteiger partial charge in [0.1, 0.15) is 0 Å². The fourth-order valence-electron chi connectivity index (χ4n) is 2.56. The number of carbonyl (C=O) groups excluding carboxylic acids is 1. The number of aliphatic hydroxyl groups is 1. The van der Waals surface area contributed by atoms with Gasteiger partial charge in [0, 0.05) is 38.3 Å². The number of nitrogens with zero attached hydrogens (tertiary/aromatic N) is 2. The van der Waals surface area contributed by atoms with Crippen molar-refractivity contribution < 1.29 is 23.1 Å². The summed E-state index contributed by atoms with van der Waals surface area (Å²) in [5, 5.41) is 8.65. The van der Waals surface area contributed by atoms with E-state index in [0.717, 1.165) is 6.54 Å². The monoisotopic (exact) mass is 356 g/mol. The molecule has 1 heterocycles. The molecule has 1 aliphatic rings. The van der Waals surface area contributed by atoms with Gasteiger partial charge in [-0.15, -0.1) is 0 Å². The van der Waals surface area contributed by atoms with Crippen molar-refractivity contribution in [2.75, 3.05) is 52.5 Å². The molecule has 0 radical (unpaired) electrons. The van der Waals surface area contributed by atoms with Crippen molar-refractivity contribution in [2.45, 2.75) is 11.8 Å². The standard InChI is InChI=1S/C16H24N2O5S/c1-14(20)15-2-4-16(5-3-15)24(21,22)18-8-6-17(7-9-18)10-12-23-13-11-19/h2-5,19H,6-13H2,1H3. The minimum atomic E-state index is -3.53. The summed E-state index contributed by atoms with van der Waals surface area (Å²) in [6, 6.07) is 6.07. The van der Waals surface area contributed by atoms with E-state index in [-0.39, 0.29) is 17.3 Å². The number of piperazine rings is 1. The van der Waals surface area contributed by atoms with Crippen LogP contribution in [0.4, 0.5) is 0 Å². The normalized spacial score (nSPS) is 17.1. The van der Waals surface area contributed by atoms with Crippen LogP contribution in [0.5, 0.6) is 0 Å². The maximum absolute atomic E-state index is 12.6. The Balaban J connectivity index is 1.91. The smallest absolute Gasteiger partial charge is 0.243 e. The van der Waals surface area contributed by atoms with E-state index in [1.54, 1.807) is 12.1 Å². The third-order valence-electron chi connectivity index (χ3n) is 4.02. The predicted molar refractivity (Wildman–Crippen MR) is 89.6 cm³/mol. The summed E-state index contributed by atoms with van der Waals surface area (Å²) in [4.78, 5) is 13.6. The summed E-state index contributed by atoms with van der Waals surface area (Å²) < 4.78 is 32.0. The largest absolute Gasteiger partial charge is 0.394 e. The second-order valence-corrected chi connectivity index (χ2v) is 7.60. The van der Waals surface area contributed by atoms with Crippen LogP contribution in [-0.2, 0) is 14.8 Å². The number of rotatable bonds is 8. The first-order valence-corrected chi connectivity index (χ1v) is 9.41. The molecule has 1 aromatic rings. The Kier molecular flexibility index (Phi) is 6.88. The molecule has 1 aliphatic heterocycles. The molecule has 134 valence electrons. The molecule has 0 amide bonds. The van der Waals surface area contributed by atoms with Gasteiger partial charge in [-0.1, -0.05) is 12.1 Å². The first kappa shape index (κ1) is 19.0. The van der Waals surface area contributed by atoms with Crippen LogP contribution in [0.1, 0.15) is 17.3 Å². The molecule has 0 spiro atoms. The number of hydrogen-bond donors (Lipinski definition) is 1. The Morgan fingerprint density at radius 1 is 1.12 bits per heavy atom. The summed E-state index contributed by atoms with van der Waals surface area (Å²) >= 11 is 0. The van der Waals surface area contributed by atoms with Crippen LogP contribution in [0.25, 0.3) is 0 Å². The van der Waals surface area contributed by atoms with Crippen molar-refractivity contribution in [1.82, 2.24) is 9.21 Å². The van der Waals surface area contributed by atoms with Crippen LogP contribution < -0.4 is 0 Å². The summed E-state index contributed by atoms with van der Waals surface area (Å²) in [5.41, 5.74) is 0.502. The lowest BCUT2D eigenvalue weighted by atomic mass is 10.2. The molecule has 0 aromatic heterocycles. The zero-order valence-corrected chi connectivity index (χ0v) is 14.7. The van der Waals surface area contributed by atoms with Crippen LogP contribution in [0, 0.1) is 0 Å². The van der Waals surface area contributed by atoms with E-state index in [1.165, 1.54) is 23.4 Å². The molecule has 1 aromatic carbocycles. The van der Waals surface area contributed by atoms with E-state index in [9.17, 15) is 13.2 Å². The van der Waals surface area contributed by atoms with Crippen LogP contribution >= 0.6 is 0 Å². The van der Waals surface area contributed by atoms with E-state index in [2.05, 4.69) is 4.90 Å². The summed E-state index contributed by atoms with van der Waals surface area (Å²) in [7, 11) is -3.53. The SMILES string of the molecule is CC(=O)c1ccc(S(=O)(=O)N2CCN(CCOCCO)CC2)cc1. The van der Waals surface area contributed by atoms with Gasteiger partial charge in [0.15, 0.2) is 5.78 Å². The maximum Gasteiger partial charge on any atom is 0.243 e. The molecule has 7 nitrogen and oxygen atoms in total. The molecular formula is C16H24N2O5S. The molecule has 1 fully saturated rings. The summed E-state index contributed by atoms with van der Waals surface area (Å²) in [5.74, 6) is -0.0871. The van der Waals surface area contributed by atoms with Crippen molar-refractivity contribution in [1.29, 1.82) is 0 Å². The zero-order valence-electron chi connectivity index (χ0n) is 13.8. The van der Waals surface area contributed by atoms with Crippen molar-refractivity contribution in [3.8, 4) is 0 Å². The summed E-state index contributed by atoms with van der Waals surface area (Å²) in [6.07, 6.45) is 0. The van der Waals surface area contributed by atoms with Gasteiger partial charge < -0.3 is 9.84 Å². The number of hydrogen-bond acceptors (Lipinski definition) is 6. The Hall–Kier alpha value is -1.32. The van der Waals surface area contributed by atoms with Gasteiger partial charge in [-0.3, -0.25) is 9.69 Å². The average molecular weight is 356 g/mol. The Morgan fingerprint density at radius 2 is 1.75 bits per heavy atom. The number of ketones is 1. The molecule has 1 N–H and O–H groups in total. The lowest BCUT2D eigenvalue weighted by Gasteiger charge is -2.33. The Morgan fingerprint density at radius 3 is 2.29 bits per heavy atom. The number of aliphatic hydroxyl groups excluding tert-OH is 1. The fourth-order valence-corrected chi connectivity index (χ4v) is 3.99. The topological polar surface area (TPSA) is 87.2 Å². The number of sulfonamides is 1. The van der Waals surface area contributed by atoms with E-state index in [4.69, 9.17) is 9.84 Å². The highest BCUT2D eigenvalue weighted by Crippen LogP contribution is 2.18. The van der Waals surface area contributed by atoms with Crippen LogP contribution in [-0.4, -0.2) is 81.1 Å².